The van der Waals surface area contributed by atoms with E-state index in [0.29, 0.717) is 39.0 Å². The minimum atomic E-state index is -0.461. The minimum absolute atomic E-state index is 0.0346. The van der Waals surface area contributed by atoms with Crippen LogP contribution < -0.4 is 9.61 Å². The minimum Gasteiger partial charge on any atom is -0.494 e. The number of non-ortho nitro benzene ring substituents is 1. The van der Waals surface area contributed by atoms with E-state index in [9.17, 15) is 14.9 Å². The fourth-order valence-electron chi connectivity index (χ4n) is 3.07. The SMILES string of the molecule is CCOc1ccc(-n2c(S)c(/C=C3\C=NN=C3c3cccc([N+](=O)[O-])c3)sc2=O)cc1. The van der Waals surface area contributed by atoms with Crippen molar-refractivity contribution >= 4 is 47.7 Å². The van der Waals surface area contributed by atoms with Gasteiger partial charge >= 0.3 is 4.87 Å². The van der Waals surface area contributed by atoms with Gasteiger partial charge in [-0.05, 0) is 37.3 Å². The number of thiol groups is 1. The second-order valence-electron chi connectivity index (χ2n) is 6.42. The lowest BCUT2D eigenvalue weighted by atomic mass is 10.0. The molecule has 2 aromatic carbocycles. The van der Waals surface area contributed by atoms with Crippen molar-refractivity contribution in [1.29, 1.82) is 0 Å². The molecule has 0 fully saturated rings. The maximum Gasteiger partial charge on any atom is 0.313 e. The van der Waals surface area contributed by atoms with Crippen LogP contribution in [-0.2, 0) is 0 Å². The lowest BCUT2D eigenvalue weighted by Crippen LogP contribution is -2.10. The molecule has 1 aliphatic rings. The van der Waals surface area contributed by atoms with Gasteiger partial charge in [-0.15, -0.1) is 17.7 Å². The molecule has 3 aromatic rings. The average molecular weight is 453 g/mol. The quantitative estimate of drug-likeness (QED) is 0.341. The Morgan fingerprint density at radius 1 is 1.26 bits per heavy atom. The second kappa shape index (κ2) is 8.70. The Morgan fingerprint density at radius 3 is 2.74 bits per heavy atom. The van der Waals surface area contributed by atoms with E-state index in [1.165, 1.54) is 16.7 Å². The highest BCUT2D eigenvalue weighted by Gasteiger charge is 2.19. The van der Waals surface area contributed by atoms with Gasteiger partial charge < -0.3 is 4.74 Å². The highest BCUT2D eigenvalue weighted by molar-refractivity contribution is 7.80. The molecule has 1 aromatic heterocycles. The van der Waals surface area contributed by atoms with Crippen LogP contribution in [0.1, 0.15) is 17.4 Å². The van der Waals surface area contributed by atoms with Crippen molar-refractivity contribution in [2.24, 2.45) is 10.2 Å². The summed E-state index contributed by atoms with van der Waals surface area (Å²) in [5.41, 5.74) is 2.33. The van der Waals surface area contributed by atoms with Crippen molar-refractivity contribution < 1.29 is 9.66 Å². The zero-order valence-electron chi connectivity index (χ0n) is 16.3. The molecule has 0 N–H and O–H groups in total. The van der Waals surface area contributed by atoms with E-state index in [2.05, 4.69) is 22.8 Å². The van der Waals surface area contributed by atoms with Crippen LogP contribution in [0.15, 0.2) is 74.1 Å². The summed E-state index contributed by atoms with van der Waals surface area (Å²) in [6.07, 6.45) is 3.31. The van der Waals surface area contributed by atoms with Crippen molar-refractivity contribution in [2.45, 2.75) is 11.9 Å². The summed E-state index contributed by atoms with van der Waals surface area (Å²) in [6, 6.07) is 13.4. The van der Waals surface area contributed by atoms with Crippen LogP contribution in [0, 0.1) is 10.1 Å². The molecule has 0 saturated carbocycles. The Kier molecular flexibility index (Phi) is 5.83. The summed E-state index contributed by atoms with van der Waals surface area (Å²) < 4.78 is 6.95. The van der Waals surface area contributed by atoms with E-state index in [0.717, 1.165) is 17.1 Å². The fourth-order valence-corrected chi connectivity index (χ4v) is 4.39. The number of benzene rings is 2. The lowest BCUT2D eigenvalue weighted by Gasteiger charge is -2.07. The topological polar surface area (TPSA) is 99.1 Å². The smallest absolute Gasteiger partial charge is 0.313 e. The number of allylic oxidation sites excluding steroid dienone is 1. The Balaban J connectivity index is 1.69. The molecule has 31 heavy (non-hydrogen) atoms. The van der Waals surface area contributed by atoms with Crippen LogP contribution in [0.3, 0.4) is 0 Å². The molecular formula is C21H16N4O4S2. The van der Waals surface area contributed by atoms with Crippen LogP contribution in [0.4, 0.5) is 5.69 Å². The van der Waals surface area contributed by atoms with Gasteiger partial charge in [-0.2, -0.15) is 5.10 Å². The van der Waals surface area contributed by atoms with Crippen molar-refractivity contribution in [3.05, 3.63) is 84.3 Å². The predicted octanol–water partition coefficient (Wildman–Crippen LogP) is 4.37. The molecule has 0 saturated heterocycles. The summed E-state index contributed by atoms with van der Waals surface area (Å²) in [4.78, 5) is 23.7. The molecular weight excluding hydrogens is 436 g/mol. The van der Waals surface area contributed by atoms with Gasteiger partial charge in [-0.25, -0.2) is 0 Å². The first-order chi connectivity index (χ1) is 15.0. The third-order valence-electron chi connectivity index (χ3n) is 4.46. The first-order valence-corrected chi connectivity index (χ1v) is 10.5. The van der Waals surface area contributed by atoms with E-state index in [4.69, 9.17) is 4.74 Å². The van der Waals surface area contributed by atoms with Gasteiger partial charge in [-0.3, -0.25) is 19.5 Å². The summed E-state index contributed by atoms with van der Waals surface area (Å²) >= 11 is 5.61. The molecule has 0 bridgehead atoms. The molecule has 156 valence electrons. The lowest BCUT2D eigenvalue weighted by molar-refractivity contribution is -0.384. The number of thiazole rings is 1. The van der Waals surface area contributed by atoms with Gasteiger partial charge in [0.15, 0.2) is 0 Å². The molecule has 0 aliphatic carbocycles. The third kappa shape index (κ3) is 4.21. The molecule has 10 heteroatoms. The van der Waals surface area contributed by atoms with Gasteiger partial charge in [0.1, 0.15) is 11.5 Å². The van der Waals surface area contributed by atoms with Crippen molar-refractivity contribution in [1.82, 2.24) is 4.57 Å². The highest BCUT2D eigenvalue weighted by Crippen LogP contribution is 2.27. The number of nitro benzene ring substituents is 1. The number of nitrogens with zero attached hydrogens (tertiary/aromatic N) is 4. The van der Waals surface area contributed by atoms with E-state index in [-0.39, 0.29) is 10.6 Å². The number of nitro groups is 1. The van der Waals surface area contributed by atoms with E-state index in [1.54, 1.807) is 48.7 Å². The maximum atomic E-state index is 12.7. The molecule has 0 amide bonds. The second-order valence-corrected chi connectivity index (χ2v) is 7.84. The molecule has 0 unspecified atom stereocenters. The molecule has 2 heterocycles. The van der Waals surface area contributed by atoms with Crippen molar-refractivity contribution in [2.75, 3.05) is 6.61 Å². The van der Waals surface area contributed by atoms with Gasteiger partial charge in [0.25, 0.3) is 5.69 Å². The van der Waals surface area contributed by atoms with E-state index in [1.807, 2.05) is 6.92 Å². The molecule has 1 aliphatic heterocycles. The molecule has 0 radical (unpaired) electrons. The van der Waals surface area contributed by atoms with Crippen molar-refractivity contribution in [3.63, 3.8) is 0 Å². The Hall–Kier alpha value is -3.50. The fraction of sp³-hybridized carbons (Fsp3) is 0.0952. The number of ether oxygens (including phenoxy) is 1. The highest BCUT2D eigenvalue weighted by atomic mass is 32.1. The average Bonchev–Trinajstić information content (AvgIpc) is 3.33. The Bertz CT molecular complexity index is 1300. The van der Waals surface area contributed by atoms with Crippen molar-refractivity contribution in [3.8, 4) is 11.4 Å². The van der Waals surface area contributed by atoms with Crippen LogP contribution in [-0.4, -0.2) is 28.0 Å². The Morgan fingerprint density at radius 2 is 2.03 bits per heavy atom. The summed E-state index contributed by atoms with van der Waals surface area (Å²) in [6.45, 7) is 2.46. The van der Waals surface area contributed by atoms with E-state index < -0.39 is 4.92 Å². The maximum absolute atomic E-state index is 12.7. The number of rotatable bonds is 6. The van der Waals surface area contributed by atoms with Gasteiger partial charge in [0.05, 0.1) is 33.3 Å². The first-order valence-electron chi connectivity index (χ1n) is 9.24. The summed E-state index contributed by atoms with van der Waals surface area (Å²) in [7, 11) is 0. The van der Waals surface area contributed by atoms with Crippen LogP contribution >= 0.6 is 24.0 Å². The van der Waals surface area contributed by atoms with Crippen LogP contribution in [0.25, 0.3) is 11.8 Å². The van der Waals surface area contributed by atoms with Gasteiger partial charge in [-0.1, -0.05) is 23.5 Å². The number of hydrogen-bond donors (Lipinski definition) is 1. The molecule has 4 rings (SSSR count). The van der Waals surface area contributed by atoms with Crippen LogP contribution in [0.5, 0.6) is 5.75 Å². The molecule has 0 atom stereocenters. The Labute approximate surface area is 186 Å². The monoisotopic (exact) mass is 452 g/mol. The summed E-state index contributed by atoms with van der Waals surface area (Å²) in [5, 5.41) is 19.6. The summed E-state index contributed by atoms with van der Waals surface area (Å²) in [5.74, 6) is 0.720. The zero-order valence-corrected chi connectivity index (χ0v) is 18.0. The van der Waals surface area contributed by atoms with Crippen LogP contribution in [0.2, 0.25) is 0 Å². The van der Waals surface area contributed by atoms with Gasteiger partial charge in [0.2, 0.25) is 0 Å². The number of aromatic nitrogens is 1. The predicted molar refractivity (Wildman–Crippen MR) is 124 cm³/mol. The third-order valence-corrected chi connectivity index (χ3v) is 5.94. The first kappa shape index (κ1) is 20.8. The largest absolute Gasteiger partial charge is 0.494 e. The molecule has 8 nitrogen and oxygen atoms in total. The van der Waals surface area contributed by atoms with E-state index >= 15 is 0 Å². The standard InChI is InChI=1S/C21H16N4O4S2/c1-2-29-17-8-6-15(7-9-17)24-20(30)18(31-21(24)26)11-14-12-22-23-19(14)13-4-3-5-16(10-13)25(27)28/h3-12,30H,2H2,1H3/b14-11+. The number of hydrogen-bond acceptors (Lipinski definition) is 8. The normalized spacial score (nSPS) is 14.1. The molecule has 0 spiro atoms. The zero-order chi connectivity index (χ0) is 22.0. The van der Waals surface area contributed by atoms with Gasteiger partial charge in [0, 0.05) is 23.3 Å².